The van der Waals surface area contributed by atoms with Gasteiger partial charge in [0.1, 0.15) is 0 Å². The van der Waals surface area contributed by atoms with Gasteiger partial charge in [-0.1, -0.05) is 50.1 Å². The number of ketones is 1. The van der Waals surface area contributed by atoms with Gasteiger partial charge in [0.2, 0.25) is 0 Å². The summed E-state index contributed by atoms with van der Waals surface area (Å²) < 4.78 is 0. The first-order chi connectivity index (χ1) is 11.1. The molecule has 1 rings (SSSR count). The largest absolute Gasteiger partial charge is 0.481 e. The minimum Gasteiger partial charge on any atom is -0.481 e. The van der Waals surface area contributed by atoms with Crippen molar-refractivity contribution in [1.29, 1.82) is 0 Å². The maximum Gasteiger partial charge on any atom is 0.303 e. The van der Waals surface area contributed by atoms with Crippen molar-refractivity contribution in [1.82, 2.24) is 0 Å². The lowest BCUT2D eigenvalue weighted by Gasteiger charge is -2.06. The lowest BCUT2D eigenvalue weighted by atomic mass is 9.97. The van der Waals surface area contributed by atoms with E-state index in [4.69, 9.17) is 5.11 Å². The van der Waals surface area contributed by atoms with E-state index < -0.39 is 5.97 Å². The van der Waals surface area contributed by atoms with Crippen LogP contribution in [0.15, 0.2) is 36.0 Å². The van der Waals surface area contributed by atoms with Crippen molar-refractivity contribution in [3.05, 3.63) is 36.0 Å². The van der Waals surface area contributed by atoms with E-state index in [0.29, 0.717) is 18.8 Å². The molecule has 1 aliphatic carbocycles. The third-order valence-corrected chi connectivity index (χ3v) is 4.22. The Morgan fingerprint density at radius 1 is 1.17 bits per heavy atom. The summed E-state index contributed by atoms with van der Waals surface area (Å²) >= 11 is 0. The van der Waals surface area contributed by atoms with Crippen molar-refractivity contribution in [2.24, 2.45) is 5.92 Å². The molecule has 3 heteroatoms. The smallest absolute Gasteiger partial charge is 0.303 e. The van der Waals surface area contributed by atoms with Gasteiger partial charge < -0.3 is 5.11 Å². The van der Waals surface area contributed by atoms with Crippen molar-refractivity contribution in [2.45, 2.75) is 71.1 Å². The molecule has 0 aliphatic heterocycles. The van der Waals surface area contributed by atoms with Gasteiger partial charge in [-0.3, -0.25) is 9.59 Å². The number of carbonyl (C=O) groups excluding carboxylic acids is 1. The Morgan fingerprint density at radius 2 is 1.96 bits per heavy atom. The SMILES string of the molecule is CCCCCC=CC=C1C(=O)CCC1CC=CCCCC(=O)O. The van der Waals surface area contributed by atoms with Crippen molar-refractivity contribution >= 4 is 11.8 Å². The van der Waals surface area contributed by atoms with Crippen LogP contribution in [0.1, 0.15) is 71.1 Å². The summed E-state index contributed by atoms with van der Waals surface area (Å²) in [5.74, 6) is -0.123. The summed E-state index contributed by atoms with van der Waals surface area (Å²) in [4.78, 5) is 22.4. The summed E-state index contributed by atoms with van der Waals surface area (Å²) in [6.07, 6.45) is 19.3. The van der Waals surface area contributed by atoms with Crippen molar-refractivity contribution < 1.29 is 14.7 Å². The van der Waals surface area contributed by atoms with Gasteiger partial charge >= 0.3 is 5.97 Å². The van der Waals surface area contributed by atoms with Gasteiger partial charge in [-0.15, -0.1) is 0 Å². The summed E-state index contributed by atoms with van der Waals surface area (Å²) in [6, 6.07) is 0. The van der Waals surface area contributed by atoms with Crippen LogP contribution in [-0.4, -0.2) is 16.9 Å². The van der Waals surface area contributed by atoms with Gasteiger partial charge in [-0.05, 0) is 50.0 Å². The van der Waals surface area contributed by atoms with Crippen LogP contribution in [0, 0.1) is 5.92 Å². The van der Waals surface area contributed by atoms with E-state index in [0.717, 1.165) is 31.3 Å². The number of unbranched alkanes of at least 4 members (excludes halogenated alkanes) is 4. The average molecular weight is 318 g/mol. The number of carbonyl (C=O) groups is 2. The van der Waals surface area contributed by atoms with Crippen LogP contribution in [-0.2, 0) is 9.59 Å². The first-order valence-electron chi connectivity index (χ1n) is 8.91. The fraction of sp³-hybridized carbons (Fsp3) is 0.600. The predicted molar refractivity (Wildman–Crippen MR) is 94.3 cm³/mol. The molecule has 1 fully saturated rings. The Labute approximate surface area is 140 Å². The summed E-state index contributed by atoms with van der Waals surface area (Å²) in [5, 5.41) is 8.58. The fourth-order valence-corrected chi connectivity index (χ4v) is 2.84. The number of hydrogen-bond donors (Lipinski definition) is 1. The van der Waals surface area contributed by atoms with E-state index in [1.54, 1.807) is 0 Å². The molecule has 1 unspecified atom stereocenters. The van der Waals surface area contributed by atoms with Gasteiger partial charge in [0.15, 0.2) is 5.78 Å². The van der Waals surface area contributed by atoms with E-state index in [9.17, 15) is 9.59 Å². The van der Waals surface area contributed by atoms with E-state index in [1.165, 1.54) is 19.3 Å². The van der Waals surface area contributed by atoms with Crippen molar-refractivity contribution in [2.75, 3.05) is 0 Å². The van der Waals surface area contributed by atoms with Gasteiger partial charge in [-0.2, -0.15) is 0 Å². The van der Waals surface area contributed by atoms with Gasteiger partial charge in [0.05, 0.1) is 0 Å². The monoisotopic (exact) mass is 318 g/mol. The van der Waals surface area contributed by atoms with E-state index in [-0.39, 0.29) is 12.2 Å². The molecule has 0 aromatic heterocycles. The minimum absolute atomic E-state index is 0.222. The first-order valence-corrected chi connectivity index (χ1v) is 8.91. The van der Waals surface area contributed by atoms with Crippen LogP contribution >= 0.6 is 0 Å². The zero-order chi connectivity index (χ0) is 16.9. The number of allylic oxidation sites excluding steroid dienone is 6. The highest BCUT2D eigenvalue weighted by molar-refractivity contribution is 5.98. The quantitative estimate of drug-likeness (QED) is 0.322. The molecule has 128 valence electrons. The Bertz CT molecular complexity index is 458. The minimum atomic E-state index is -0.740. The molecule has 1 aliphatic rings. The third-order valence-electron chi connectivity index (χ3n) is 4.22. The summed E-state index contributed by atoms with van der Waals surface area (Å²) in [5.41, 5.74) is 0.965. The number of hydrogen-bond acceptors (Lipinski definition) is 2. The van der Waals surface area contributed by atoms with Crippen LogP contribution in [0.2, 0.25) is 0 Å². The molecule has 23 heavy (non-hydrogen) atoms. The van der Waals surface area contributed by atoms with Crippen LogP contribution in [0.25, 0.3) is 0 Å². The molecule has 0 bridgehead atoms. The van der Waals surface area contributed by atoms with Crippen LogP contribution in [0.3, 0.4) is 0 Å². The molecule has 1 saturated carbocycles. The lowest BCUT2D eigenvalue weighted by molar-refractivity contribution is -0.137. The highest BCUT2D eigenvalue weighted by atomic mass is 16.4. The Kier molecular flexibility index (Phi) is 10.0. The predicted octanol–water partition coefficient (Wildman–Crippen LogP) is 5.23. The van der Waals surface area contributed by atoms with Crippen molar-refractivity contribution in [3.63, 3.8) is 0 Å². The molecule has 0 saturated heterocycles. The first kappa shape index (κ1) is 19.4. The Balaban J connectivity index is 2.37. The van der Waals surface area contributed by atoms with Gasteiger partial charge in [0.25, 0.3) is 0 Å². The van der Waals surface area contributed by atoms with Gasteiger partial charge in [0, 0.05) is 12.8 Å². The topological polar surface area (TPSA) is 54.4 Å². The summed E-state index contributed by atoms with van der Waals surface area (Å²) in [6.45, 7) is 2.20. The molecule has 0 radical (unpaired) electrons. The number of rotatable bonds is 11. The van der Waals surface area contributed by atoms with Gasteiger partial charge in [-0.25, -0.2) is 0 Å². The summed E-state index contributed by atoms with van der Waals surface area (Å²) in [7, 11) is 0. The van der Waals surface area contributed by atoms with Crippen LogP contribution in [0.5, 0.6) is 0 Å². The zero-order valence-corrected chi connectivity index (χ0v) is 14.3. The molecule has 0 heterocycles. The van der Waals surface area contributed by atoms with E-state index in [2.05, 4.69) is 19.1 Å². The van der Waals surface area contributed by atoms with E-state index >= 15 is 0 Å². The molecular weight excluding hydrogens is 288 g/mol. The van der Waals surface area contributed by atoms with Crippen molar-refractivity contribution in [3.8, 4) is 0 Å². The third kappa shape index (κ3) is 8.53. The second-order valence-corrected chi connectivity index (χ2v) is 6.20. The maximum atomic E-state index is 12.0. The second kappa shape index (κ2) is 11.9. The molecule has 1 atom stereocenters. The molecule has 0 aromatic rings. The normalized spacial score (nSPS) is 20.3. The molecule has 1 N–H and O–H groups in total. The van der Waals surface area contributed by atoms with E-state index in [1.807, 2.05) is 18.2 Å². The average Bonchev–Trinajstić information content (AvgIpc) is 2.86. The number of aliphatic carboxylic acids is 1. The van der Waals surface area contributed by atoms with Crippen LogP contribution in [0.4, 0.5) is 0 Å². The molecule has 0 aromatic carbocycles. The molecular formula is C20H30O3. The molecule has 3 nitrogen and oxygen atoms in total. The maximum absolute atomic E-state index is 12.0. The fourth-order valence-electron chi connectivity index (χ4n) is 2.84. The number of Topliss-reactive ketones (excluding diaryl/α,β-unsaturated/α-hetero) is 1. The molecule has 0 amide bonds. The second-order valence-electron chi connectivity index (χ2n) is 6.20. The Hall–Kier alpha value is -1.64. The highest BCUT2D eigenvalue weighted by Crippen LogP contribution is 2.31. The standard InChI is InChI=1S/C20H30O3/c1-2-3-4-5-6-10-13-18-17(15-16-19(18)21)12-9-7-8-11-14-20(22)23/h6-7,9-10,13,17H,2-5,8,11-12,14-16H2,1H3,(H,22,23). The van der Waals surface area contributed by atoms with Crippen LogP contribution < -0.4 is 0 Å². The Morgan fingerprint density at radius 3 is 2.70 bits per heavy atom. The zero-order valence-electron chi connectivity index (χ0n) is 14.3. The lowest BCUT2D eigenvalue weighted by Crippen LogP contribution is -2.00. The highest BCUT2D eigenvalue weighted by Gasteiger charge is 2.26. The number of carboxylic acid groups (broad SMARTS) is 1. The molecule has 0 spiro atoms. The number of carboxylic acids is 1.